The van der Waals surface area contributed by atoms with Gasteiger partial charge in [-0.15, -0.1) is 36.0 Å². The van der Waals surface area contributed by atoms with Crippen LogP contribution in [0.2, 0.25) is 0 Å². The minimum absolute atomic E-state index is 0.0510. The summed E-state index contributed by atoms with van der Waals surface area (Å²) in [6, 6.07) is 57.0. The second kappa shape index (κ2) is 35.1. The fourth-order valence-corrected chi connectivity index (χ4v) is 11.3. The number of thioether (sulfide) groups is 1. The van der Waals surface area contributed by atoms with Crippen LogP contribution in [0.25, 0.3) is 0 Å². The molecule has 0 radical (unpaired) electrons. The van der Waals surface area contributed by atoms with Gasteiger partial charge in [0.15, 0.2) is 0 Å². The minimum Gasteiger partial charge on any atom is -0.496 e. The van der Waals surface area contributed by atoms with Gasteiger partial charge in [0.25, 0.3) is 11.8 Å². The number of carbonyl (C=O) groups excluding carboxylic acids is 4. The lowest BCUT2D eigenvalue weighted by Gasteiger charge is -2.38. The number of aldehydes is 2. The number of furan rings is 2. The van der Waals surface area contributed by atoms with Crippen LogP contribution in [0.1, 0.15) is 115 Å². The Morgan fingerprint density at radius 2 is 1.16 bits per heavy atom. The number of para-hydroxylation sites is 3. The van der Waals surface area contributed by atoms with Gasteiger partial charge in [-0.1, -0.05) is 84.9 Å². The van der Waals surface area contributed by atoms with Crippen LogP contribution in [-0.2, 0) is 31.3 Å². The summed E-state index contributed by atoms with van der Waals surface area (Å²) in [6.45, 7) is 13.5. The summed E-state index contributed by atoms with van der Waals surface area (Å²) in [6.07, 6.45) is 4.46. The van der Waals surface area contributed by atoms with Crippen LogP contribution >= 0.6 is 36.0 Å². The number of hydrogen-bond donors (Lipinski definition) is 4. The first-order valence-corrected chi connectivity index (χ1v) is 31.4. The zero-order valence-corrected chi connectivity index (χ0v) is 55.6. The second-order valence-electron chi connectivity index (χ2n) is 21.3. The SMILES string of the molecule is COc1ccc(C2Nc3ccccc3C(=O)N2Cc2ccco2)cc1COc1c(C)cccc1C.COc1ccc(C=O)cc1CCl.COc1ccc(C=O)cc1CSc1c(C)cccc1C.Cc1cccc(C)c1S.Nc1ccccc1C(=O)NCc1ccco1. The van der Waals surface area contributed by atoms with Gasteiger partial charge in [0.1, 0.15) is 59.9 Å². The Kier molecular flexibility index (Phi) is 26.7. The maximum absolute atomic E-state index is 13.5. The number of aryl methyl sites for hydroxylation is 6. The predicted molar refractivity (Wildman–Crippen MR) is 370 cm³/mol. The Labute approximate surface area is 553 Å². The lowest BCUT2D eigenvalue weighted by molar-refractivity contribution is 0.0651. The van der Waals surface area contributed by atoms with Crippen LogP contribution in [0.15, 0.2) is 213 Å². The van der Waals surface area contributed by atoms with E-state index in [1.807, 2.05) is 105 Å². The van der Waals surface area contributed by atoms with Gasteiger partial charge in [-0.05, 0) is 178 Å². The molecule has 1 aliphatic heterocycles. The highest BCUT2D eigenvalue weighted by Gasteiger charge is 2.34. The second-order valence-corrected chi connectivity index (χ2v) is 23.0. The average molecular weight is 1290 g/mol. The van der Waals surface area contributed by atoms with Crippen LogP contribution in [0.4, 0.5) is 11.4 Å². The smallest absolute Gasteiger partial charge is 0.258 e. The number of benzene rings is 8. The van der Waals surface area contributed by atoms with E-state index in [-0.39, 0.29) is 18.0 Å². The van der Waals surface area contributed by atoms with E-state index in [4.69, 9.17) is 45.1 Å². The van der Waals surface area contributed by atoms with E-state index in [0.29, 0.717) is 59.3 Å². The lowest BCUT2D eigenvalue weighted by atomic mass is 10.0. The summed E-state index contributed by atoms with van der Waals surface area (Å²) in [7, 11) is 4.88. The standard InChI is InChI=1S/C29H28N2O4.C17H18O2S.C12H12N2O2.C9H9ClO2.C8H10S/c1-19-8-6-9-20(2)27(19)35-18-22-16-21(13-14-26(22)33-3)28-30-25-12-5-4-11-24(25)29(32)31(28)17-23-10-7-15-34-23;1-12-5-4-6-13(2)17(12)20-11-15-9-14(10-18)7-8-16(15)19-3;13-11-6-2-1-5-10(11)12(15)14-8-9-4-3-7-16-9;1-12-9-3-2-7(6-11)4-8(9)5-10;1-6-4-3-5-7(2)8(6)9/h4-16,28,30H,17-18H2,1-3H3;4-10H,11H2,1-3H3;1-7H,8,13H2,(H,14,15);2-4,6H,5H2,1H3;3-5,9H,1-2H3. The molecule has 14 nitrogen and oxygen atoms in total. The zero-order chi connectivity index (χ0) is 66.1. The van der Waals surface area contributed by atoms with Gasteiger partial charge in [0.2, 0.25) is 0 Å². The van der Waals surface area contributed by atoms with Gasteiger partial charge in [0, 0.05) is 54.7 Å². The van der Waals surface area contributed by atoms with Gasteiger partial charge in [-0.3, -0.25) is 19.2 Å². The first-order valence-electron chi connectivity index (χ1n) is 29.4. The van der Waals surface area contributed by atoms with Crippen LogP contribution in [0.3, 0.4) is 0 Å². The van der Waals surface area contributed by atoms with Gasteiger partial charge in [-0.25, -0.2) is 0 Å². The lowest BCUT2D eigenvalue weighted by Crippen LogP contribution is -2.42. The van der Waals surface area contributed by atoms with Crippen LogP contribution < -0.4 is 35.3 Å². The Hall–Kier alpha value is -9.61. The predicted octanol–water partition coefficient (Wildman–Crippen LogP) is 17.3. The Morgan fingerprint density at radius 1 is 0.630 bits per heavy atom. The number of halogens is 1. The third kappa shape index (κ3) is 19.2. The number of hydrogen-bond acceptors (Lipinski definition) is 14. The molecule has 3 heterocycles. The van der Waals surface area contributed by atoms with Crippen molar-refractivity contribution in [3.8, 4) is 23.0 Å². The molecule has 11 rings (SSSR count). The van der Waals surface area contributed by atoms with Crippen molar-refractivity contribution in [1.82, 2.24) is 10.2 Å². The number of alkyl halides is 1. The number of amides is 2. The van der Waals surface area contributed by atoms with Crippen LogP contribution in [-0.4, -0.2) is 50.6 Å². The maximum atomic E-state index is 13.5. The number of thiol groups is 1. The van der Waals surface area contributed by atoms with E-state index < -0.39 is 0 Å². The maximum Gasteiger partial charge on any atom is 0.258 e. The molecule has 0 saturated carbocycles. The third-order valence-corrected chi connectivity index (χ3v) is 17.2. The number of ether oxygens (including phenoxy) is 4. The number of nitrogens with zero attached hydrogens (tertiary/aromatic N) is 1. The number of nitrogen functional groups attached to an aromatic ring is 1. The Morgan fingerprint density at radius 3 is 1.73 bits per heavy atom. The average Bonchev–Trinajstić information content (AvgIpc) is 0.844. The molecule has 8 aromatic carbocycles. The summed E-state index contributed by atoms with van der Waals surface area (Å²) >= 11 is 11.7. The number of nitrogens with one attached hydrogen (secondary N) is 2. The van der Waals surface area contributed by atoms with Gasteiger partial charge in [-0.2, -0.15) is 0 Å². The molecule has 0 aliphatic carbocycles. The van der Waals surface area contributed by atoms with Gasteiger partial charge < -0.3 is 49.0 Å². The normalized spacial score (nSPS) is 11.8. The molecule has 4 N–H and O–H groups in total. The topological polar surface area (TPSA) is 185 Å². The number of anilines is 2. The fraction of sp³-hybridized carbons (Fsp3) is 0.200. The highest BCUT2D eigenvalue weighted by molar-refractivity contribution is 7.98. The first-order chi connectivity index (χ1) is 44.5. The van der Waals surface area contributed by atoms with Crippen molar-refractivity contribution in [2.24, 2.45) is 0 Å². The summed E-state index contributed by atoms with van der Waals surface area (Å²) in [5, 5.41) is 6.27. The molecule has 1 atom stereocenters. The number of carbonyl (C=O) groups is 4. The zero-order valence-electron chi connectivity index (χ0n) is 53.1. The van der Waals surface area contributed by atoms with Crippen LogP contribution in [0.5, 0.6) is 23.0 Å². The molecule has 2 amide bonds. The largest absolute Gasteiger partial charge is 0.496 e. The fourth-order valence-electron chi connectivity index (χ4n) is 9.87. The molecule has 17 heteroatoms. The monoisotopic (exact) mass is 1290 g/mol. The Bertz CT molecular complexity index is 4000. The highest BCUT2D eigenvalue weighted by Crippen LogP contribution is 2.37. The highest BCUT2D eigenvalue weighted by atomic mass is 35.5. The third-order valence-electron chi connectivity index (χ3n) is 14.8. The summed E-state index contributed by atoms with van der Waals surface area (Å²) < 4.78 is 32.9. The van der Waals surface area contributed by atoms with E-state index in [1.54, 1.807) is 111 Å². The number of methoxy groups -OCH3 is 3. The van der Waals surface area contributed by atoms with Crippen molar-refractivity contribution in [3.63, 3.8) is 0 Å². The minimum atomic E-state index is -0.382. The van der Waals surface area contributed by atoms with Gasteiger partial charge in [0.05, 0.1) is 64.0 Å². The molecular formula is C75H77ClN4O10S2. The molecule has 0 saturated heterocycles. The molecule has 0 fully saturated rings. The number of nitrogens with two attached hydrogens (primary N) is 1. The quantitative estimate of drug-likeness (QED) is 0.0209. The van der Waals surface area contributed by atoms with Crippen molar-refractivity contribution >= 4 is 71.8 Å². The Balaban J connectivity index is 0.000000179. The van der Waals surface area contributed by atoms with Crippen LogP contribution in [0, 0.1) is 41.5 Å². The number of fused-ring (bicyclic) bond motifs is 1. The molecule has 2 aromatic heterocycles. The number of rotatable bonds is 18. The first kappa shape index (κ1) is 69.9. The van der Waals surface area contributed by atoms with E-state index in [2.05, 4.69) is 81.3 Å². The summed E-state index contributed by atoms with van der Waals surface area (Å²) in [5.74, 6) is 5.48. The summed E-state index contributed by atoms with van der Waals surface area (Å²) in [5.41, 5.74) is 20.3. The van der Waals surface area contributed by atoms with Gasteiger partial charge >= 0.3 is 0 Å². The molecule has 1 unspecified atom stereocenters. The van der Waals surface area contributed by atoms with E-state index >= 15 is 0 Å². The van der Waals surface area contributed by atoms with E-state index in [9.17, 15) is 19.2 Å². The van der Waals surface area contributed by atoms with E-state index in [1.165, 1.54) is 27.1 Å². The molecule has 0 bridgehead atoms. The molecule has 0 spiro atoms. The molecule has 476 valence electrons. The van der Waals surface area contributed by atoms with Crippen molar-refractivity contribution in [3.05, 3.63) is 284 Å². The van der Waals surface area contributed by atoms with E-state index in [0.717, 1.165) is 91.0 Å². The molecule has 1 aliphatic rings. The molecule has 10 aromatic rings. The van der Waals surface area contributed by atoms with Crippen molar-refractivity contribution in [1.29, 1.82) is 0 Å². The molecular weight excluding hydrogens is 1220 g/mol. The van der Waals surface area contributed by atoms with Crippen molar-refractivity contribution < 1.29 is 47.0 Å². The van der Waals surface area contributed by atoms with Crippen molar-refractivity contribution in [2.45, 2.75) is 88.8 Å². The van der Waals surface area contributed by atoms with Crippen molar-refractivity contribution in [2.75, 3.05) is 32.4 Å². The molecule has 92 heavy (non-hydrogen) atoms. The summed E-state index contributed by atoms with van der Waals surface area (Å²) in [4.78, 5) is 50.7.